The molecule has 0 aromatic carbocycles. The number of ether oxygens (including phenoxy) is 1. The number of rotatable bonds is 7. The van der Waals surface area contributed by atoms with Crippen LogP contribution in [0.2, 0.25) is 0 Å². The third kappa shape index (κ3) is 8.43. The number of halogens is 1. The summed E-state index contributed by atoms with van der Waals surface area (Å²) in [6, 6.07) is 0. The number of unbranched alkanes of at least 4 members (excludes halogenated alkanes) is 2. The first kappa shape index (κ1) is 14.4. The minimum absolute atomic E-state index is 0.207. The van der Waals surface area contributed by atoms with Crippen LogP contribution in [0.4, 0.5) is 0 Å². The van der Waals surface area contributed by atoms with Gasteiger partial charge in [-0.2, -0.15) is 0 Å². The number of nitrogens with zero attached hydrogens (tertiary/aromatic N) is 1. The van der Waals surface area contributed by atoms with Crippen LogP contribution >= 0.6 is 11.6 Å². The first-order chi connectivity index (χ1) is 7.10. The number of esters is 1. The van der Waals surface area contributed by atoms with Gasteiger partial charge in [0.25, 0.3) is 0 Å². The van der Waals surface area contributed by atoms with Crippen molar-refractivity contribution in [2.45, 2.75) is 51.5 Å². The highest BCUT2D eigenvalue weighted by Crippen LogP contribution is 2.11. The Morgan fingerprint density at radius 2 is 2.13 bits per heavy atom. The molecule has 4 heteroatoms. The normalized spacial score (nSPS) is 13.7. The van der Waals surface area contributed by atoms with Gasteiger partial charge in [0.15, 0.2) is 0 Å². The fourth-order valence-corrected chi connectivity index (χ4v) is 1.51. The van der Waals surface area contributed by atoms with Crippen molar-refractivity contribution in [1.29, 1.82) is 0 Å². The molecule has 3 nitrogen and oxygen atoms in total. The number of carbonyl (C=O) groups excluding carboxylic acids is 1. The summed E-state index contributed by atoms with van der Waals surface area (Å²) in [5, 5.41) is 0. The van der Waals surface area contributed by atoms with Gasteiger partial charge in [0, 0.05) is 5.71 Å². The Morgan fingerprint density at radius 1 is 1.47 bits per heavy atom. The molecule has 0 amide bonds. The van der Waals surface area contributed by atoms with Crippen molar-refractivity contribution in [3.63, 3.8) is 0 Å². The van der Waals surface area contributed by atoms with Crippen molar-refractivity contribution in [1.82, 2.24) is 0 Å². The number of methoxy groups -OCH3 is 1. The van der Waals surface area contributed by atoms with E-state index in [0.29, 0.717) is 0 Å². The van der Waals surface area contributed by atoms with Crippen molar-refractivity contribution in [3.8, 4) is 0 Å². The van der Waals surface area contributed by atoms with E-state index in [1.807, 2.05) is 0 Å². The molecule has 0 aliphatic carbocycles. The van der Waals surface area contributed by atoms with Crippen LogP contribution < -0.4 is 0 Å². The maximum absolute atomic E-state index is 10.9. The molecule has 0 bridgehead atoms. The zero-order chi connectivity index (χ0) is 11.7. The summed E-state index contributed by atoms with van der Waals surface area (Å²) >= 11 is 6.00. The monoisotopic (exact) mass is 233 g/mol. The average Bonchev–Trinajstić information content (AvgIpc) is 2.17. The van der Waals surface area contributed by atoms with Crippen molar-refractivity contribution in [2.24, 2.45) is 4.99 Å². The molecule has 0 aliphatic heterocycles. The van der Waals surface area contributed by atoms with E-state index in [1.165, 1.54) is 20.0 Å². The Hall–Kier alpha value is -0.570. The van der Waals surface area contributed by atoms with Crippen LogP contribution in [-0.2, 0) is 9.53 Å². The first-order valence-electron chi connectivity index (χ1n) is 5.34. The molecule has 0 N–H and O–H groups in total. The fraction of sp³-hybridized carbons (Fsp3) is 0.818. The van der Waals surface area contributed by atoms with Gasteiger partial charge in [-0.3, -0.25) is 9.79 Å². The highest BCUT2D eigenvalue weighted by molar-refractivity contribution is 6.21. The topological polar surface area (TPSA) is 38.7 Å². The standard InChI is InChI=1S/C11H20ClNO2/c1-4-5-6-7-10(12)13-9(2)8-11(14)15-3/h10H,4-8H2,1-3H3/b13-9-. The summed E-state index contributed by atoms with van der Waals surface area (Å²) < 4.78 is 4.54. The molecule has 1 atom stereocenters. The maximum Gasteiger partial charge on any atom is 0.311 e. The van der Waals surface area contributed by atoms with Gasteiger partial charge >= 0.3 is 5.97 Å². The van der Waals surface area contributed by atoms with E-state index in [-0.39, 0.29) is 17.9 Å². The Labute approximate surface area is 96.9 Å². The van der Waals surface area contributed by atoms with Crippen LogP contribution in [0.3, 0.4) is 0 Å². The minimum Gasteiger partial charge on any atom is -0.469 e. The SMILES string of the molecule is CCCCCC(Cl)/N=C(/C)CC(=O)OC. The van der Waals surface area contributed by atoms with Gasteiger partial charge < -0.3 is 4.74 Å². The smallest absolute Gasteiger partial charge is 0.311 e. The molecule has 0 saturated carbocycles. The van der Waals surface area contributed by atoms with E-state index >= 15 is 0 Å². The minimum atomic E-state index is -0.270. The maximum atomic E-state index is 10.9. The molecule has 0 aromatic heterocycles. The average molecular weight is 234 g/mol. The van der Waals surface area contributed by atoms with Crippen molar-refractivity contribution >= 4 is 23.3 Å². The second kappa shape index (κ2) is 8.72. The van der Waals surface area contributed by atoms with Gasteiger partial charge in [0.2, 0.25) is 0 Å². The molecule has 15 heavy (non-hydrogen) atoms. The zero-order valence-corrected chi connectivity index (χ0v) is 10.5. The largest absolute Gasteiger partial charge is 0.469 e. The molecule has 0 saturated heterocycles. The Bertz CT molecular complexity index is 217. The summed E-state index contributed by atoms with van der Waals surface area (Å²) in [6.45, 7) is 3.95. The molecular weight excluding hydrogens is 214 g/mol. The van der Waals surface area contributed by atoms with Gasteiger partial charge in [-0.25, -0.2) is 0 Å². The Morgan fingerprint density at radius 3 is 2.67 bits per heavy atom. The summed E-state index contributed by atoms with van der Waals surface area (Å²) in [5.74, 6) is -0.270. The highest BCUT2D eigenvalue weighted by Gasteiger charge is 2.06. The van der Waals surface area contributed by atoms with Crippen LogP contribution in [0.1, 0.15) is 46.0 Å². The second-order valence-corrected chi connectivity index (χ2v) is 4.05. The number of carbonyl (C=O) groups is 1. The lowest BCUT2D eigenvalue weighted by atomic mass is 10.2. The Kier molecular flexibility index (Phi) is 8.38. The number of aliphatic imine (C=N–C) groups is 1. The second-order valence-electron chi connectivity index (χ2n) is 3.55. The van der Waals surface area contributed by atoms with Crippen molar-refractivity contribution < 1.29 is 9.53 Å². The Balaban J connectivity index is 3.83. The first-order valence-corrected chi connectivity index (χ1v) is 5.78. The molecule has 1 unspecified atom stereocenters. The molecule has 0 heterocycles. The van der Waals surface area contributed by atoms with Gasteiger partial charge in [-0.15, -0.1) is 0 Å². The van der Waals surface area contributed by atoms with E-state index in [9.17, 15) is 4.79 Å². The van der Waals surface area contributed by atoms with Gasteiger partial charge in [0.05, 0.1) is 13.5 Å². The molecule has 0 aromatic rings. The lowest BCUT2D eigenvalue weighted by Crippen LogP contribution is -2.08. The predicted octanol–water partition coefficient (Wildman–Crippen LogP) is 3.16. The number of alkyl halides is 1. The van der Waals surface area contributed by atoms with Crippen LogP contribution in [-0.4, -0.2) is 24.3 Å². The van der Waals surface area contributed by atoms with Crippen LogP contribution in [0.25, 0.3) is 0 Å². The van der Waals surface area contributed by atoms with E-state index in [0.717, 1.165) is 18.6 Å². The molecular formula is C11H20ClNO2. The lowest BCUT2D eigenvalue weighted by molar-refractivity contribution is -0.139. The third-order valence-corrected chi connectivity index (χ3v) is 2.35. The zero-order valence-electron chi connectivity index (χ0n) is 9.75. The van der Waals surface area contributed by atoms with Crippen LogP contribution in [0, 0.1) is 0 Å². The summed E-state index contributed by atoms with van der Waals surface area (Å²) in [7, 11) is 1.37. The van der Waals surface area contributed by atoms with E-state index in [2.05, 4.69) is 16.7 Å². The van der Waals surface area contributed by atoms with Crippen LogP contribution in [0.5, 0.6) is 0 Å². The number of hydrogen-bond acceptors (Lipinski definition) is 3. The molecule has 88 valence electrons. The highest BCUT2D eigenvalue weighted by atomic mass is 35.5. The van der Waals surface area contributed by atoms with Gasteiger partial charge in [-0.05, 0) is 13.3 Å². The summed E-state index contributed by atoms with van der Waals surface area (Å²) in [6.07, 6.45) is 4.53. The van der Waals surface area contributed by atoms with E-state index in [1.54, 1.807) is 6.92 Å². The molecule has 0 rings (SSSR count). The third-order valence-electron chi connectivity index (χ3n) is 2.03. The van der Waals surface area contributed by atoms with E-state index < -0.39 is 0 Å². The predicted molar refractivity (Wildman–Crippen MR) is 63.5 cm³/mol. The lowest BCUT2D eigenvalue weighted by Gasteiger charge is -2.05. The summed E-state index contributed by atoms with van der Waals surface area (Å²) in [5.41, 5.74) is 0.527. The van der Waals surface area contributed by atoms with Gasteiger partial charge in [-0.1, -0.05) is 37.8 Å². The molecule has 0 fully saturated rings. The van der Waals surface area contributed by atoms with Crippen LogP contribution in [0.15, 0.2) is 4.99 Å². The molecule has 0 spiro atoms. The van der Waals surface area contributed by atoms with Crippen molar-refractivity contribution in [2.75, 3.05) is 7.11 Å². The molecule has 0 radical (unpaired) electrons. The van der Waals surface area contributed by atoms with E-state index in [4.69, 9.17) is 11.6 Å². The summed E-state index contributed by atoms with van der Waals surface area (Å²) in [4.78, 5) is 15.1. The fourth-order valence-electron chi connectivity index (χ4n) is 1.19. The number of hydrogen-bond donors (Lipinski definition) is 0. The van der Waals surface area contributed by atoms with Gasteiger partial charge in [0.1, 0.15) is 5.50 Å². The van der Waals surface area contributed by atoms with Crippen molar-refractivity contribution in [3.05, 3.63) is 0 Å². The quantitative estimate of drug-likeness (QED) is 0.223. The molecule has 0 aliphatic rings.